The molecule has 1 N–H and O–H groups in total. The molecule has 1 aromatic heterocycles. The van der Waals surface area contributed by atoms with Crippen LogP contribution in [0.3, 0.4) is 0 Å². The summed E-state index contributed by atoms with van der Waals surface area (Å²) >= 11 is 0. The van der Waals surface area contributed by atoms with Gasteiger partial charge in [-0.3, -0.25) is 14.6 Å². The van der Waals surface area contributed by atoms with Crippen molar-refractivity contribution in [1.82, 2.24) is 15.2 Å². The molecule has 1 aromatic carbocycles. The number of para-hydroxylation sites is 1. The third-order valence-electron chi connectivity index (χ3n) is 4.05. The number of hydrogen-bond acceptors (Lipinski definition) is 3. The first-order valence-electron chi connectivity index (χ1n) is 7.57. The van der Waals surface area contributed by atoms with Crippen LogP contribution in [0, 0.1) is 6.92 Å². The van der Waals surface area contributed by atoms with Crippen molar-refractivity contribution in [1.29, 1.82) is 0 Å². The minimum absolute atomic E-state index is 0.0721. The van der Waals surface area contributed by atoms with Crippen LogP contribution in [-0.4, -0.2) is 40.8 Å². The topological polar surface area (TPSA) is 62.3 Å². The highest BCUT2D eigenvalue weighted by molar-refractivity contribution is 6.07. The maximum Gasteiger partial charge on any atom is 0.255 e. The zero-order chi connectivity index (χ0) is 15.7. The Bertz CT molecular complexity index is 742. The average Bonchev–Trinajstić information content (AvgIpc) is 2.53. The van der Waals surface area contributed by atoms with Gasteiger partial charge < -0.3 is 10.2 Å². The van der Waals surface area contributed by atoms with Gasteiger partial charge in [0.1, 0.15) is 6.04 Å². The third kappa shape index (κ3) is 2.43. The van der Waals surface area contributed by atoms with Crippen LogP contribution in [0.25, 0.3) is 10.9 Å². The van der Waals surface area contributed by atoms with E-state index in [0.29, 0.717) is 25.1 Å². The van der Waals surface area contributed by atoms with E-state index in [1.54, 1.807) is 4.90 Å². The highest BCUT2D eigenvalue weighted by Crippen LogP contribution is 2.22. The lowest BCUT2D eigenvalue weighted by molar-refractivity contribution is -0.127. The molecule has 1 unspecified atom stereocenters. The van der Waals surface area contributed by atoms with Crippen molar-refractivity contribution in [3.05, 3.63) is 41.6 Å². The van der Waals surface area contributed by atoms with Gasteiger partial charge in [0.15, 0.2) is 0 Å². The number of amides is 2. The lowest BCUT2D eigenvalue weighted by atomic mass is 10.0. The predicted molar refractivity (Wildman–Crippen MR) is 84.6 cm³/mol. The molecular formula is C17H19N3O2. The van der Waals surface area contributed by atoms with Crippen LogP contribution in [0.1, 0.15) is 29.4 Å². The molecule has 2 heterocycles. The molecule has 1 aliphatic heterocycles. The number of benzene rings is 1. The Morgan fingerprint density at radius 2 is 2.18 bits per heavy atom. The maximum absolute atomic E-state index is 13.0. The highest BCUT2D eigenvalue weighted by atomic mass is 16.2. The first-order valence-corrected chi connectivity index (χ1v) is 7.57. The molecule has 1 atom stereocenters. The van der Waals surface area contributed by atoms with Gasteiger partial charge in [-0.1, -0.05) is 25.1 Å². The van der Waals surface area contributed by atoms with Gasteiger partial charge in [-0.15, -0.1) is 0 Å². The molecule has 2 aromatic rings. The largest absolute Gasteiger partial charge is 0.353 e. The number of rotatable bonds is 2. The lowest BCUT2D eigenvalue weighted by Crippen LogP contribution is -2.56. The predicted octanol–water partition coefficient (Wildman–Crippen LogP) is 1.89. The van der Waals surface area contributed by atoms with Gasteiger partial charge in [0.05, 0.1) is 11.1 Å². The van der Waals surface area contributed by atoms with Crippen LogP contribution in [0.2, 0.25) is 0 Å². The Morgan fingerprint density at radius 3 is 2.95 bits per heavy atom. The number of hydrogen-bond donors (Lipinski definition) is 1. The van der Waals surface area contributed by atoms with Crippen LogP contribution in [-0.2, 0) is 4.79 Å². The molecule has 5 nitrogen and oxygen atoms in total. The molecule has 22 heavy (non-hydrogen) atoms. The number of pyridine rings is 1. The van der Waals surface area contributed by atoms with Gasteiger partial charge in [0.25, 0.3) is 5.91 Å². The van der Waals surface area contributed by atoms with E-state index in [2.05, 4.69) is 10.3 Å². The molecule has 0 saturated carbocycles. The number of piperazine rings is 1. The molecule has 0 radical (unpaired) electrons. The molecule has 0 spiro atoms. The Hall–Kier alpha value is -2.43. The van der Waals surface area contributed by atoms with Crippen molar-refractivity contribution in [2.75, 3.05) is 13.1 Å². The zero-order valence-corrected chi connectivity index (χ0v) is 12.8. The van der Waals surface area contributed by atoms with E-state index in [1.807, 2.05) is 44.2 Å². The summed E-state index contributed by atoms with van der Waals surface area (Å²) in [6.07, 6.45) is 0.611. The molecule has 1 fully saturated rings. The van der Waals surface area contributed by atoms with Crippen molar-refractivity contribution in [3.8, 4) is 0 Å². The van der Waals surface area contributed by atoms with Crippen LogP contribution in [0.4, 0.5) is 0 Å². The standard InChI is InChI=1S/C17H19N3O2/c1-3-15-16(21)18-8-9-20(15)17(22)13-10-11(2)19-14-7-5-4-6-12(13)14/h4-7,10,15H,3,8-9H2,1-2H3,(H,18,21). The van der Waals surface area contributed by atoms with E-state index in [0.717, 1.165) is 16.6 Å². The molecule has 5 heteroatoms. The van der Waals surface area contributed by atoms with Gasteiger partial charge >= 0.3 is 0 Å². The zero-order valence-electron chi connectivity index (χ0n) is 12.8. The highest BCUT2D eigenvalue weighted by Gasteiger charge is 2.32. The van der Waals surface area contributed by atoms with Crippen molar-refractivity contribution in [3.63, 3.8) is 0 Å². The second-order valence-corrected chi connectivity index (χ2v) is 5.54. The maximum atomic E-state index is 13.0. The number of nitrogens with zero attached hydrogens (tertiary/aromatic N) is 2. The smallest absolute Gasteiger partial charge is 0.255 e. The monoisotopic (exact) mass is 297 g/mol. The fourth-order valence-corrected chi connectivity index (χ4v) is 3.00. The summed E-state index contributed by atoms with van der Waals surface area (Å²) in [6, 6.07) is 9.03. The first-order chi connectivity index (χ1) is 10.6. The minimum atomic E-state index is -0.395. The average molecular weight is 297 g/mol. The Labute approximate surface area is 129 Å². The molecule has 2 amide bonds. The summed E-state index contributed by atoms with van der Waals surface area (Å²) < 4.78 is 0. The van der Waals surface area contributed by atoms with Crippen molar-refractivity contribution >= 4 is 22.7 Å². The molecule has 0 aliphatic carbocycles. The summed E-state index contributed by atoms with van der Waals surface area (Å²) in [5.74, 6) is -0.166. The summed E-state index contributed by atoms with van der Waals surface area (Å²) in [5, 5.41) is 3.66. The second kappa shape index (κ2) is 5.75. The molecule has 114 valence electrons. The van der Waals surface area contributed by atoms with Crippen LogP contribution in [0.5, 0.6) is 0 Å². The van der Waals surface area contributed by atoms with Gasteiger partial charge in [-0.25, -0.2) is 0 Å². The van der Waals surface area contributed by atoms with E-state index >= 15 is 0 Å². The summed E-state index contributed by atoms with van der Waals surface area (Å²) in [5.41, 5.74) is 2.23. The van der Waals surface area contributed by atoms with Crippen molar-refractivity contribution in [2.45, 2.75) is 26.3 Å². The van der Waals surface area contributed by atoms with E-state index in [9.17, 15) is 9.59 Å². The molecule has 0 bridgehead atoms. The molecule has 1 saturated heterocycles. The number of fused-ring (bicyclic) bond motifs is 1. The fourth-order valence-electron chi connectivity index (χ4n) is 3.00. The van der Waals surface area contributed by atoms with Crippen LogP contribution in [0.15, 0.2) is 30.3 Å². The first kappa shape index (κ1) is 14.5. The summed E-state index contributed by atoms with van der Waals surface area (Å²) in [7, 11) is 0. The van der Waals surface area contributed by atoms with Gasteiger partial charge in [0, 0.05) is 24.2 Å². The van der Waals surface area contributed by atoms with Gasteiger partial charge in [0.2, 0.25) is 5.91 Å². The number of aryl methyl sites for hydroxylation is 1. The van der Waals surface area contributed by atoms with E-state index in [-0.39, 0.29) is 11.8 Å². The lowest BCUT2D eigenvalue weighted by Gasteiger charge is -2.34. The number of carbonyl (C=O) groups is 2. The number of aromatic nitrogens is 1. The fraction of sp³-hybridized carbons (Fsp3) is 0.353. The number of nitrogens with one attached hydrogen (secondary N) is 1. The SMILES string of the molecule is CCC1C(=O)NCCN1C(=O)c1cc(C)nc2ccccc12. The summed E-state index contributed by atoms with van der Waals surface area (Å²) in [6.45, 7) is 4.84. The molecular weight excluding hydrogens is 278 g/mol. The van der Waals surface area contributed by atoms with Crippen LogP contribution >= 0.6 is 0 Å². The normalized spacial score (nSPS) is 18.4. The van der Waals surface area contributed by atoms with Crippen LogP contribution < -0.4 is 5.32 Å². The van der Waals surface area contributed by atoms with Gasteiger partial charge in [-0.2, -0.15) is 0 Å². The van der Waals surface area contributed by atoms with Crippen molar-refractivity contribution < 1.29 is 9.59 Å². The quantitative estimate of drug-likeness (QED) is 0.921. The second-order valence-electron chi connectivity index (χ2n) is 5.54. The Kier molecular flexibility index (Phi) is 3.79. The van der Waals surface area contributed by atoms with Crippen molar-refractivity contribution in [2.24, 2.45) is 0 Å². The Morgan fingerprint density at radius 1 is 1.41 bits per heavy atom. The minimum Gasteiger partial charge on any atom is -0.353 e. The summed E-state index contributed by atoms with van der Waals surface area (Å²) in [4.78, 5) is 31.1. The third-order valence-corrected chi connectivity index (χ3v) is 4.05. The molecule has 1 aliphatic rings. The van der Waals surface area contributed by atoms with E-state index < -0.39 is 6.04 Å². The number of carbonyl (C=O) groups excluding carboxylic acids is 2. The van der Waals surface area contributed by atoms with Gasteiger partial charge in [-0.05, 0) is 25.5 Å². The van der Waals surface area contributed by atoms with E-state index in [1.165, 1.54) is 0 Å². The Balaban J connectivity index is 2.06. The molecule has 3 rings (SSSR count). The van der Waals surface area contributed by atoms with E-state index in [4.69, 9.17) is 0 Å².